The fraction of sp³-hybridized carbons (Fsp3) is 0.900. The summed E-state index contributed by atoms with van der Waals surface area (Å²) < 4.78 is 0. The summed E-state index contributed by atoms with van der Waals surface area (Å²) in [6.45, 7) is 2.24. The standard InChI is InChI=1S/C10H16O/c1-7-5-6-8-3-2-4-9(11)10(7)8/h7-8,10H,2-6H2,1H3/t7-,8-,10+/m0/s1. The smallest absolute Gasteiger partial charge is 0.136 e. The maximum Gasteiger partial charge on any atom is 0.136 e. The molecule has 0 aromatic rings. The second-order valence-corrected chi connectivity index (χ2v) is 4.20. The Balaban J connectivity index is 2.14. The van der Waals surface area contributed by atoms with Gasteiger partial charge in [0.1, 0.15) is 5.78 Å². The van der Waals surface area contributed by atoms with Gasteiger partial charge in [-0.15, -0.1) is 0 Å². The molecule has 11 heavy (non-hydrogen) atoms. The van der Waals surface area contributed by atoms with Crippen LogP contribution in [-0.4, -0.2) is 5.78 Å². The van der Waals surface area contributed by atoms with Crippen LogP contribution in [0.25, 0.3) is 0 Å². The molecule has 2 rings (SSSR count). The molecule has 0 unspecified atom stereocenters. The van der Waals surface area contributed by atoms with Gasteiger partial charge in [-0.25, -0.2) is 0 Å². The highest BCUT2D eigenvalue weighted by molar-refractivity contribution is 5.82. The van der Waals surface area contributed by atoms with Gasteiger partial charge in [0.05, 0.1) is 0 Å². The number of carbonyl (C=O) groups excluding carboxylic acids is 1. The summed E-state index contributed by atoms with van der Waals surface area (Å²) in [7, 11) is 0. The van der Waals surface area contributed by atoms with Crippen LogP contribution < -0.4 is 0 Å². The Labute approximate surface area is 68.2 Å². The molecule has 0 aliphatic heterocycles. The van der Waals surface area contributed by atoms with E-state index >= 15 is 0 Å². The van der Waals surface area contributed by atoms with E-state index < -0.39 is 0 Å². The second-order valence-electron chi connectivity index (χ2n) is 4.20. The Morgan fingerprint density at radius 3 is 2.82 bits per heavy atom. The molecular weight excluding hydrogens is 136 g/mol. The van der Waals surface area contributed by atoms with E-state index in [0.717, 1.165) is 18.8 Å². The highest BCUT2D eigenvalue weighted by atomic mass is 16.1. The Hall–Kier alpha value is -0.330. The van der Waals surface area contributed by atoms with Crippen molar-refractivity contribution in [2.24, 2.45) is 17.8 Å². The topological polar surface area (TPSA) is 17.1 Å². The van der Waals surface area contributed by atoms with Crippen molar-refractivity contribution in [2.75, 3.05) is 0 Å². The first-order chi connectivity index (χ1) is 5.29. The van der Waals surface area contributed by atoms with Crippen LogP contribution >= 0.6 is 0 Å². The normalized spacial score (nSPS) is 44.1. The first-order valence-electron chi connectivity index (χ1n) is 4.82. The Bertz CT molecular complexity index is 172. The van der Waals surface area contributed by atoms with Crippen LogP contribution in [0, 0.1) is 17.8 Å². The van der Waals surface area contributed by atoms with E-state index in [1.54, 1.807) is 0 Å². The van der Waals surface area contributed by atoms with Gasteiger partial charge in [0.15, 0.2) is 0 Å². The zero-order valence-corrected chi connectivity index (χ0v) is 7.18. The number of rotatable bonds is 0. The second kappa shape index (κ2) is 2.62. The lowest BCUT2D eigenvalue weighted by atomic mass is 9.78. The number of fused-ring (bicyclic) bond motifs is 1. The van der Waals surface area contributed by atoms with Crippen molar-refractivity contribution < 1.29 is 4.79 Å². The van der Waals surface area contributed by atoms with E-state index in [-0.39, 0.29) is 0 Å². The van der Waals surface area contributed by atoms with Crippen molar-refractivity contribution in [3.63, 3.8) is 0 Å². The lowest BCUT2D eigenvalue weighted by Gasteiger charge is -2.26. The van der Waals surface area contributed by atoms with Gasteiger partial charge in [-0.05, 0) is 37.5 Å². The summed E-state index contributed by atoms with van der Waals surface area (Å²) in [6, 6.07) is 0. The first-order valence-corrected chi connectivity index (χ1v) is 4.82. The summed E-state index contributed by atoms with van der Waals surface area (Å²) in [4.78, 5) is 11.5. The lowest BCUT2D eigenvalue weighted by molar-refractivity contribution is -0.127. The minimum Gasteiger partial charge on any atom is -0.299 e. The number of hydrogen-bond donors (Lipinski definition) is 0. The minimum absolute atomic E-state index is 0.462. The monoisotopic (exact) mass is 152 g/mol. The van der Waals surface area contributed by atoms with Crippen molar-refractivity contribution in [2.45, 2.75) is 39.0 Å². The number of Topliss-reactive ketones (excluding diaryl/α,β-unsaturated/α-hetero) is 1. The van der Waals surface area contributed by atoms with Crippen molar-refractivity contribution in [1.29, 1.82) is 0 Å². The predicted octanol–water partition coefficient (Wildman–Crippen LogP) is 2.40. The zero-order valence-electron chi connectivity index (χ0n) is 7.18. The minimum atomic E-state index is 0.462. The maximum atomic E-state index is 11.5. The van der Waals surface area contributed by atoms with Crippen LogP contribution in [0.4, 0.5) is 0 Å². The number of ketones is 1. The molecule has 0 aromatic heterocycles. The van der Waals surface area contributed by atoms with Gasteiger partial charge in [-0.3, -0.25) is 4.79 Å². The van der Waals surface area contributed by atoms with Crippen LogP contribution in [0.2, 0.25) is 0 Å². The quantitative estimate of drug-likeness (QED) is 0.521. The zero-order chi connectivity index (χ0) is 7.84. The van der Waals surface area contributed by atoms with Crippen molar-refractivity contribution in [3.8, 4) is 0 Å². The van der Waals surface area contributed by atoms with E-state index in [4.69, 9.17) is 0 Å². The molecule has 2 aliphatic rings. The summed E-state index contributed by atoms with van der Waals surface area (Å²) >= 11 is 0. The SMILES string of the molecule is C[C@H]1CC[C@@H]2CCCC(=O)[C@@H]21. The van der Waals surface area contributed by atoms with Gasteiger partial charge < -0.3 is 0 Å². The van der Waals surface area contributed by atoms with Crippen LogP contribution in [0.3, 0.4) is 0 Å². The first kappa shape index (κ1) is 7.33. The van der Waals surface area contributed by atoms with Crippen molar-refractivity contribution >= 4 is 5.78 Å². The molecule has 0 heterocycles. The molecule has 2 saturated carbocycles. The third-order valence-electron chi connectivity index (χ3n) is 3.48. The van der Waals surface area contributed by atoms with Gasteiger partial charge in [0.25, 0.3) is 0 Å². The molecular formula is C10H16O. The van der Waals surface area contributed by atoms with Gasteiger partial charge in [0, 0.05) is 12.3 Å². The fourth-order valence-corrected chi connectivity index (χ4v) is 2.91. The Morgan fingerprint density at radius 1 is 1.27 bits per heavy atom. The van der Waals surface area contributed by atoms with Gasteiger partial charge >= 0.3 is 0 Å². The molecule has 0 N–H and O–H groups in total. The number of carbonyl (C=O) groups is 1. The third-order valence-corrected chi connectivity index (χ3v) is 3.48. The van der Waals surface area contributed by atoms with Gasteiger partial charge in [-0.1, -0.05) is 6.92 Å². The molecule has 2 fully saturated rings. The van der Waals surface area contributed by atoms with E-state index in [9.17, 15) is 4.79 Å². The molecule has 0 aromatic carbocycles. The highest BCUT2D eigenvalue weighted by Crippen LogP contribution is 2.43. The average Bonchev–Trinajstić information content (AvgIpc) is 2.34. The molecule has 0 saturated heterocycles. The van der Waals surface area contributed by atoms with E-state index in [1.165, 1.54) is 19.3 Å². The van der Waals surface area contributed by atoms with E-state index in [1.807, 2.05) is 0 Å². The van der Waals surface area contributed by atoms with E-state index in [0.29, 0.717) is 17.6 Å². The van der Waals surface area contributed by atoms with Crippen molar-refractivity contribution in [1.82, 2.24) is 0 Å². The molecule has 0 bridgehead atoms. The number of hydrogen-bond acceptors (Lipinski definition) is 1. The lowest BCUT2D eigenvalue weighted by Crippen LogP contribution is -2.27. The average molecular weight is 152 g/mol. The predicted molar refractivity (Wildman–Crippen MR) is 44.2 cm³/mol. The fourth-order valence-electron chi connectivity index (χ4n) is 2.91. The largest absolute Gasteiger partial charge is 0.299 e. The summed E-state index contributed by atoms with van der Waals surface area (Å²) in [5, 5.41) is 0. The van der Waals surface area contributed by atoms with Gasteiger partial charge in [0.2, 0.25) is 0 Å². The molecule has 0 amide bonds. The molecule has 3 atom stereocenters. The highest BCUT2D eigenvalue weighted by Gasteiger charge is 2.39. The van der Waals surface area contributed by atoms with Gasteiger partial charge in [-0.2, -0.15) is 0 Å². The summed E-state index contributed by atoms with van der Waals surface area (Å²) in [6.07, 6.45) is 5.96. The summed E-state index contributed by atoms with van der Waals surface area (Å²) in [5.41, 5.74) is 0. The molecule has 1 heteroatoms. The molecule has 0 radical (unpaired) electrons. The maximum absolute atomic E-state index is 11.5. The van der Waals surface area contributed by atoms with E-state index in [2.05, 4.69) is 6.92 Å². The van der Waals surface area contributed by atoms with Crippen LogP contribution in [0.1, 0.15) is 39.0 Å². The molecule has 2 aliphatic carbocycles. The third kappa shape index (κ3) is 1.11. The summed E-state index contributed by atoms with van der Waals surface area (Å²) in [5.74, 6) is 2.48. The molecule has 0 spiro atoms. The Morgan fingerprint density at radius 2 is 2.09 bits per heavy atom. The van der Waals surface area contributed by atoms with Crippen LogP contribution in [0.15, 0.2) is 0 Å². The van der Waals surface area contributed by atoms with Crippen LogP contribution in [0.5, 0.6) is 0 Å². The molecule has 62 valence electrons. The molecule has 1 nitrogen and oxygen atoms in total. The van der Waals surface area contributed by atoms with Crippen molar-refractivity contribution in [3.05, 3.63) is 0 Å². The Kier molecular flexibility index (Phi) is 1.74. The van der Waals surface area contributed by atoms with Crippen LogP contribution in [-0.2, 0) is 4.79 Å².